The second-order valence-electron chi connectivity index (χ2n) is 4.39. The van der Waals surface area contributed by atoms with E-state index in [0.29, 0.717) is 6.54 Å². The van der Waals surface area contributed by atoms with Crippen LogP contribution in [0.4, 0.5) is 0 Å². The zero-order valence-electron chi connectivity index (χ0n) is 8.60. The summed E-state index contributed by atoms with van der Waals surface area (Å²) in [5.74, 6) is 0.0457. The molecule has 0 spiro atoms. The SMILES string of the molecule is CC(CN)C(=O)NC1(C)CCCC1. The van der Waals surface area contributed by atoms with Gasteiger partial charge >= 0.3 is 0 Å². The lowest BCUT2D eigenvalue weighted by Crippen LogP contribution is -2.47. The fourth-order valence-corrected chi connectivity index (χ4v) is 1.81. The Labute approximate surface area is 80.1 Å². The monoisotopic (exact) mass is 184 g/mol. The zero-order chi connectivity index (χ0) is 9.90. The Morgan fingerprint density at radius 2 is 2.08 bits per heavy atom. The first-order valence-electron chi connectivity index (χ1n) is 5.09. The number of carbonyl (C=O) groups excluding carboxylic acids is 1. The third kappa shape index (κ3) is 2.69. The summed E-state index contributed by atoms with van der Waals surface area (Å²) in [5, 5.41) is 3.09. The Morgan fingerprint density at radius 3 is 2.54 bits per heavy atom. The molecule has 0 heterocycles. The van der Waals surface area contributed by atoms with E-state index in [2.05, 4.69) is 12.2 Å². The second kappa shape index (κ2) is 4.09. The quantitative estimate of drug-likeness (QED) is 0.688. The van der Waals surface area contributed by atoms with Crippen molar-refractivity contribution in [2.24, 2.45) is 11.7 Å². The highest BCUT2D eigenvalue weighted by Crippen LogP contribution is 2.28. The molecule has 0 bridgehead atoms. The van der Waals surface area contributed by atoms with Crippen LogP contribution in [0, 0.1) is 5.92 Å². The number of nitrogens with one attached hydrogen (secondary N) is 1. The highest BCUT2D eigenvalue weighted by atomic mass is 16.2. The first-order chi connectivity index (χ1) is 6.07. The molecular weight excluding hydrogens is 164 g/mol. The number of hydrogen-bond acceptors (Lipinski definition) is 2. The largest absolute Gasteiger partial charge is 0.351 e. The molecule has 0 aromatic rings. The van der Waals surface area contributed by atoms with Crippen molar-refractivity contribution >= 4 is 5.91 Å². The van der Waals surface area contributed by atoms with E-state index in [9.17, 15) is 4.79 Å². The normalized spacial score (nSPS) is 22.7. The van der Waals surface area contributed by atoms with Crippen LogP contribution in [0.3, 0.4) is 0 Å². The summed E-state index contributed by atoms with van der Waals surface area (Å²) in [5.41, 5.74) is 5.47. The second-order valence-corrected chi connectivity index (χ2v) is 4.39. The molecule has 1 atom stereocenters. The van der Waals surface area contributed by atoms with Crippen LogP contribution in [0.2, 0.25) is 0 Å². The standard InChI is InChI=1S/C10H20N2O/c1-8(7-11)9(13)12-10(2)5-3-4-6-10/h8H,3-7,11H2,1-2H3,(H,12,13). The Morgan fingerprint density at radius 1 is 1.54 bits per heavy atom. The molecule has 0 aromatic carbocycles. The van der Waals surface area contributed by atoms with E-state index in [-0.39, 0.29) is 17.4 Å². The molecule has 1 unspecified atom stereocenters. The van der Waals surface area contributed by atoms with Crippen molar-refractivity contribution in [3.8, 4) is 0 Å². The lowest BCUT2D eigenvalue weighted by atomic mass is 9.99. The van der Waals surface area contributed by atoms with Gasteiger partial charge in [0.1, 0.15) is 0 Å². The maximum atomic E-state index is 11.5. The van der Waals surface area contributed by atoms with Crippen LogP contribution in [0.1, 0.15) is 39.5 Å². The fraction of sp³-hybridized carbons (Fsp3) is 0.900. The Kier molecular flexibility index (Phi) is 3.31. The van der Waals surface area contributed by atoms with Crippen molar-refractivity contribution < 1.29 is 4.79 Å². The van der Waals surface area contributed by atoms with Crippen LogP contribution < -0.4 is 11.1 Å². The predicted molar refractivity (Wildman–Crippen MR) is 53.2 cm³/mol. The van der Waals surface area contributed by atoms with E-state index >= 15 is 0 Å². The molecule has 0 saturated heterocycles. The third-order valence-corrected chi connectivity index (χ3v) is 2.93. The number of amides is 1. The molecule has 1 aliphatic carbocycles. The van der Waals surface area contributed by atoms with E-state index in [4.69, 9.17) is 5.73 Å². The van der Waals surface area contributed by atoms with E-state index in [1.165, 1.54) is 12.8 Å². The van der Waals surface area contributed by atoms with Crippen molar-refractivity contribution in [2.45, 2.75) is 45.1 Å². The zero-order valence-corrected chi connectivity index (χ0v) is 8.60. The third-order valence-electron chi connectivity index (χ3n) is 2.93. The highest BCUT2D eigenvalue weighted by molar-refractivity contribution is 5.79. The predicted octanol–water partition coefficient (Wildman–Crippen LogP) is 1.03. The number of hydrogen-bond donors (Lipinski definition) is 2. The van der Waals surface area contributed by atoms with Crippen LogP contribution in [0.15, 0.2) is 0 Å². The summed E-state index contributed by atoms with van der Waals surface area (Å²) in [4.78, 5) is 11.5. The van der Waals surface area contributed by atoms with Gasteiger partial charge in [0.05, 0.1) is 0 Å². The fourth-order valence-electron chi connectivity index (χ4n) is 1.81. The first-order valence-corrected chi connectivity index (χ1v) is 5.09. The summed E-state index contributed by atoms with van der Waals surface area (Å²) in [6.45, 7) is 4.43. The lowest BCUT2D eigenvalue weighted by Gasteiger charge is -2.26. The summed E-state index contributed by atoms with van der Waals surface area (Å²) in [6.07, 6.45) is 4.67. The molecule has 3 heteroatoms. The topological polar surface area (TPSA) is 55.1 Å². The average Bonchev–Trinajstić information content (AvgIpc) is 2.50. The minimum Gasteiger partial charge on any atom is -0.351 e. The molecule has 1 fully saturated rings. The molecule has 0 aliphatic heterocycles. The summed E-state index contributed by atoms with van der Waals surface area (Å²) >= 11 is 0. The summed E-state index contributed by atoms with van der Waals surface area (Å²) < 4.78 is 0. The van der Waals surface area contributed by atoms with E-state index < -0.39 is 0 Å². The van der Waals surface area contributed by atoms with Crippen molar-refractivity contribution in [3.05, 3.63) is 0 Å². The number of nitrogens with two attached hydrogens (primary N) is 1. The van der Waals surface area contributed by atoms with Gasteiger partial charge in [0, 0.05) is 18.0 Å². The number of carbonyl (C=O) groups is 1. The van der Waals surface area contributed by atoms with E-state index in [0.717, 1.165) is 12.8 Å². The van der Waals surface area contributed by atoms with Crippen LogP contribution in [-0.4, -0.2) is 18.0 Å². The van der Waals surface area contributed by atoms with Crippen molar-refractivity contribution in [1.29, 1.82) is 0 Å². The molecule has 1 rings (SSSR count). The van der Waals surface area contributed by atoms with Gasteiger partial charge in [0.15, 0.2) is 0 Å². The lowest BCUT2D eigenvalue weighted by molar-refractivity contribution is -0.125. The summed E-state index contributed by atoms with van der Waals surface area (Å²) in [6, 6.07) is 0. The van der Waals surface area contributed by atoms with Gasteiger partial charge in [-0.25, -0.2) is 0 Å². The molecule has 3 nitrogen and oxygen atoms in total. The molecule has 3 N–H and O–H groups in total. The molecular formula is C10H20N2O. The molecule has 0 aromatic heterocycles. The molecule has 0 radical (unpaired) electrons. The molecule has 1 aliphatic rings. The summed E-state index contributed by atoms with van der Waals surface area (Å²) in [7, 11) is 0. The smallest absolute Gasteiger partial charge is 0.224 e. The first kappa shape index (κ1) is 10.5. The number of rotatable bonds is 3. The van der Waals surface area contributed by atoms with Crippen molar-refractivity contribution in [3.63, 3.8) is 0 Å². The van der Waals surface area contributed by atoms with Crippen molar-refractivity contribution in [2.75, 3.05) is 6.54 Å². The van der Waals surface area contributed by atoms with Gasteiger partial charge in [-0.05, 0) is 19.8 Å². The molecule has 76 valence electrons. The van der Waals surface area contributed by atoms with Gasteiger partial charge in [-0.1, -0.05) is 19.8 Å². The van der Waals surface area contributed by atoms with Crippen LogP contribution in [0.5, 0.6) is 0 Å². The van der Waals surface area contributed by atoms with Crippen LogP contribution in [-0.2, 0) is 4.79 Å². The van der Waals surface area contributed by atoms with E-state index in [1.807, 2.05) is 6.92 Å². The highest BCUT2D eigenvalue weighted by Gasteiger charge is 2.30. The Hall–Kier alpha value is -0.570. The van der Waals surface area contributed by atoms with Gasteiger partial charge < -0.3 is 11.1 Å². The minimum atomic E-state index is -0.0579. The maximum absolute atomic E-state index is 11.5. The van der Waals surface area contributed by atoms with Gasteiger partial charge in [0.2, 0.25) is 5.91 Å². The Bertz CT molecular complexity index is 185. The van der Waals surface area contributed by atoms with Gasteiger partial charge in [-0.3, -0.25) is 4.79 Å². The van der Waals surface area contributed by atoms with Crippen LogP contribution >= 0.6 is 0 Å². The Balaban J connectivity index is 2.43. The average molecular weight is 184 g/mol. The molecule has 13 heavy (non-hydrogen) atoms. The minimum absolute atomic E-state index is 0.0422. The van der Waals surface area contributed by atoms with Crippen LogP contribution in [0.25, 0.3) is 0 Å². The van der Waals surface area contributed by atoms with Crippen molar-refractivity contribution in [1.82, 2.24) is 5.32 Å². The van der Waals surface area contributed by atoms with E-state index in [1.54, 1.807) is 0 Å². The molecule has 1 saturated carbocycles. The maximum Gasteiger partial charge on any atom is 0.224 e. The molecule has 1 amide bonds. The van der Waals surface area contributed by atoms with Gasteiger partial charge in [-0.2, -0.15) is 0 Å². The van der Waals surface area contributed by atoms with Gasteiger partial charge in [0.25, 0.3) is 0 Å². The van der Waals surface area contributed by atoms with Gasteiger partial charge in [-0.15, -0.1) is 0 Å².